The third-order valence-electron chi connectivity index (χ3n) is 9.16. The van der Waals surface area contributed by atoms with Gasteiger partial charge in [0.1, 0.15) is 23.5 Å². The molecule has 5 rings (SSSR count). The molecule has 44 heavy (non-hydrogen) atoms. The summed E-state index contributed by atoms with van der Waals surface area (Å²) in [6.07, 6.45) is 5.53. The van der Waals surface area contributed by atoms with E-state index in [4.69, 9.17) is 0 Å². The molecule has 3 fully saturated rings. The van der Waals surface area contributed by atoms with Crippen LogP contribution in [0.2, 0.25) is 0 Å². The average molecular weight is 611 g/mol. The third-order valence-corrected chi connectivity index (χ3v) is 9.16. The molecule has 0 bridgehead atoms. The van der Waals surface area contributed by atoms with Crippen LogP contribution in [0, 0.1) is 11.8 Å². The molecule has 2 saturated heterocycles. The number of rotatable bonds is 8. The molecule has 4 amide bonds. The molecular formula is C30H38N6O8. The molecule has 4 heterocycles. The van der Waals surface area contributed by atoms with E-state index in [2.05, 4.69) is 10.6 Å². The Morgan fingerprint density at radius 2 is 1.07 bits per heavy atom. The van der Waals surface area contributed by atoms with Crippen molar-refractivity contribution in [2.75, 3.05) is 13.1 Å². The molecule has 0 unspecified atom stereocenters. The van der Waals surface area contributed by atoms with Gasteiger partial charge in [-0.2, -0.15) is 0 Å². The first kappa shape index (κ1) is 30.8. The number of aromatic nitrogens is 2. The number of aryl methyl sites for hydroxylation is 2. The standard InChI is InChI=1S/C30H38N6O8/c1-33-11-5-9-21(33)25(37)31-17-13-23(29(41)42)35(15-17)27(39)19-7-3-4-8-20(19)28(40)36-16-18(14-24(36)30(43)44)32-26(38)22-10-6-12-34(22)2/h5-6,9-12,17-20,23-24H,3-4,7-8,13-16H2,1-2H3,(H,31,37)(H,32,38)(H,41,42)(H,43,44)/t17-,18-,19-,20+,23-,24-/m0/s1. The number of carboxylic acids is 2. The molecule has 1 aliphatic carbocycles. The van der Waals surface area contributed by atoms with Gasteiger partial charge in [-0.15, -0.1) is 0 Å². The molecule has 236 valence electrons. The Hall–Kier alpha value is -4.62. The minimum absolute atomic E-state index is 0.0158. The van der Waals surface area contributed by atoms with Gasteiger partial charge in [0.25, 0.3) is 11.8 Å². The quantitative estimate of drug-likeness (QED) is 0.332. The number of carboxylic acid groups (broad SMARTS) is 2. The third kappa shape index (κ3) is 6.06. The van der Waals surface area contributed by atoms with E-state index < -0.39 is 59.8 Å². The minimum Gasteiger partial charge on any atom is -0.480 e. The zero-order chi connectivity index (χ0) is 31.7. The van der Waals surface area contributed by atoms with Gasteiger partial charge in [-0.1, -0.05) is 12.8 Å². The van der Waals surface area contributed by atoms with Crippen LogP contribution in [-0.4, -0.2) is 102 Å². The van der Waals surface area contributed by atoms with Crippen LogP contribution in [0.4, 0.5) is 0 Å². The van der Waals surface area contributed by atoms with Crippen LogP contribution in [0.1, 0.15) is 59.5 Å². The van der Waals surface area contributed by atoms with Crippen molar-refractivity contribution in [3.8, 4) is 0 Å². The van der Waals surface area contributed by atoms with Crippen LogP contribution < -0.4 is 10.6 Å². The molecule has 14 heteroatoms. The van der Waals surface area contributed by atoms with E-state index in [1.807, 2.05) is 0 Å². The molecule has 0 aromatic carbocycles. The van der Waals surface area contributed by atoms with Crippen molar-refractivity contribution in [3.63, 3.8) is 0 Å². The van der Waals surface area contributed by atoms with Crippen molar-refractivity contribution in [1.82, 2.24) is 29.6 Å². The van der Waals surface area contributed by atoms with E-state index >= 15 is 0 Å². The second kappa shape index (κ2) is 12.5. The fourth-order valence-corrected chi connectivity index (χ4v) is 6.90. The monoisotopic (exact) mass is 610 g/mol. The summed E-state index contributed by atoms with van der Waals surface area (Å²) in [6, 6.07) is 3.18. The number of amides is 4. The van der Waals surface area contributed by atoms with Crippen molar-refractivity contribution in [1.29, 1.82) is 0 Å². The van der Waals surface area contributed by atoms with Crippen molar-refractivity contribution in [2.45, 2.75) is 62.7 Å². The zero-order valence-electron chi connectivity index (χ0n) is 24.7. The Kier molecular flexibility index (Phi) is 8.79. The van der Waals surface area contributed by atoms with Gasteiger partial charge in [0.05, 0.1) is 0 Å². The lowest BCUT2D eigenvalue weighted by molar-refractivity contribution is -0.156. The van der Waals surface area contributed by atoms with Gasteiger partial charge in [-0.3, -0.25) is 19.2 Å². The second-order valence-corrected chi connectivity index (χ2v) is 12.0. The molecule has 0 radical (unpaired) electrons. The van der Waals surface area contributed by atoms with Crippen LogP contribution in [0.5, 0.6) is 0 Å². The summed E-state index contributed by atoms with van der Waals surface area (Å²) in [4.78, 5) is 80.3. The minimum atomic E-state index is -1.20. The molecule has 3 aliphatic rings. The van der Waals surface area contributed by atoms with Gasteiger partial charge in [-0.25, -0.2) is 9.59 Å². The van der Waals surface area contributed by atoms with Crippen LogP contribution in [-0.2, 0) is 33.3 Å². The maximum Gasteiger partial charge on any atom is 0.326 e. The lowest BCUT2D eigenvalue weighted by Crippen LogP contribution is -2.51. The van der Waals surface area contributed by atoms with E-state index in [9.17, 15) is 39.0 Å². The summed E-state index contributed by atoms with van der Waals surface area (Å²) in [5.41, 5.74) is 0.799. The number of aliphatic carboxylic acids is 2. The fraction of sp³-hybridized carbons (Fsp3) is 0.533. The first-order chi connectivity index (χ1) is 21.0. The highest BCUT2D eigenvalue weighted by atomic mass is 16.4. The number of carbonyl (C=O) groups is 6. The fourth-order valence-electron chi connectivity index (χ4n) is 6.90. The number of carbonyl (C=O) groups excluding carboxylic acids is 4. The summed E-state index contributed by atoms with van der Waals surface area (Å²) < 4.78 is 3.28. The van der Waals surface area contributed by atoms with E-state index in [0.29, 0.717) is 37.1 Å². The summed E-state index contributed by atoms with van der Waals surface area (Å²) in [5, 5.41) is 25.6. The van der Waals surface area contributed by atoms with Crippen molar-refractivity contribution < 1.29 is 39.0 Å². The van der Waals surface area contributed by atoms with Crippen LogP contribution in [0.15, 0.2) is 36.7 Å². The predicted octanol–water partition coefficient (Wildman–Crippen LogP) is 0.438. The van der Waals surface area contributed by atoms with Crippen molar-refractivity contribution in [2.24, 2.45) is 25.9 Å². The molecule has 2 aromatic rings. The van der Waals surface area contributed by atoms with Gasteiger partial charge in [0.15, 0.2) is 0 Å². The predicted molar refractivity (Wildman–Crippen MR) is 154 cm³/mol. The van der Waals surface area contributed by atoms with Gasteiger partial charge in [-0.05, 0) is 37.1 Å². The molecular weight excluding hydrogens is 572 g/mol. The molecule has 6 atom stereocenters. The molecule has 0 spiro atoms. The molecule has 1 saturated carbocycles. The molecule has 14 nitrogen and oxygen atoms in total. The lowest BCUT2D eigenvalue weighted by atomic mass is 9.77. The SMILES string of the molecule is Cn1cccc1C(=O)N[C@H]1C[C@@H](C(=O)O)N(C(=O)[C@H]2CCCC[C@H]2C(=O)N2C[C@@H](NC(=O)c3cccn3C)C[C@H]2C(=O)O)C1. The maximum atomic E-state index is 13.9. The number of hydrogen-bond donors (Lipinski definition) is 4. The Bertz CT molecular complexity index is 1360. The lowest BCUT2D eigenvalue weighted by Gasteiger charge is -2.36. The smallest absolute Gasteiger partial charge is 0.326 e. The van der Waals surface area contributed by atoms with E-state index in [-0.39, 0.29) is 37.7 Å². The summed E-state index contributed by atoms with van der Waals surface area (Å²) in [7, 11) is 3.43. The van der Waals surface area contributed by atoms with Crippen LogP contribution in [0.25, 0.3) is 0 Å². The average Bonchev–Trinajstić information content (AvgIpc) is 3.79. The van der Waals surface area contributed by atoms with E-state index in [0.717, 1.165) is 0 Å². The van der Waals surface area contributed by atoms with Gasteiger partial charge in [0.2, 0.25) is 11.8 Å². The van der Waals surface area contributed by atoms with Crippen molar-refractivity contribution in [3.05, 3.63) is 48.0 Å². The summed E-state index contributed by atoms with van der Waals surface area (Å²) in [5.74, 6) is -5.77. The summed E-state index contributed by atoms with van der Waals surface area (Å²) >= 11 is 0. The maximum absolute atomic E-state index is 13.9. The molecule has 4 N–H and O–H groups in total. The number of nitrogens with one attached hydrogen (secondary N) is 2. The molecule has 2 aromatic heterocycles. The number of nitrogens with zero attached hydrogens (tertiary/aromatic N) is 4. The highest BCUT2D eigenvalue weighted by molar-refractivity contribution is 5.95. The first-order valence-corrected chi connectivity index (χ1v) is 14.9. The van der Waals surface area contributed by atoms with E-state index in [1.54, 1.807) is 59.9 Å². The second-order valence-electron chi connectivity index (χ2n) is 12.0. The topological polar surface area (TPSA) is 183 Å². The Labute approximate surface area is 254 Å². The number of hydrogen-bond acceptors (Lipinski definition) is 6. The van der Waals surface area contributed by atoms with Crippen molar-refractivity contribution >= 4 is 35.6 Å². The van der Waals surface area contributed by atoms with Gasteiger partial charge >= 0.3 is 11.9 Å². The highest BCUT2D eigenvalue weighted by Crippen LogP contribution is 2.36. The first-order valence-electron chi connectivity index (χ1n) is 14.9. The Balaban J connectivity index is 1.30. The van der Waals surface area contributed by atoms with Gasteiger partial charge < -0.3 is 39.8 Å². The zero-order valence-corrected chi connectivity index (χ0v) is 24.7. The highest BCUT2D eigenvalue weighted by Gasteiger charge is 2.49. The van der Waals surface area contributed by atoms with Crippen LogP contribution in [0.3, 0.4) is 0 Å². The normalized spacial score (nSPS) is 26.8. The summed E-state index contributed by atoms with van der Waals surface area (Å²) in [6.45, 7) is -0.0316. The number of likely N-dealkylation sites (tertiary alicyclic amines) is 2. The molecule has 2 aliphatic heterocycles. The van der Waals surface area contributed by atoms with E-state index in [1.165, 1.54) is 9.80 Å². The largest absolute Gasteiger partial charge is 0.480 e. The van der Waals surface area contributed by atoms with Gasteiger partial charge in [0, 0.05) is 76.3 Å². The Morgan fingerprint density at radius 3 is 1.39 bits per heavy atom. The van der Waals surface area contributed by atoms with Crippen LogP contribution >= 0.6 is 0 Å². The Morgan fingerprint density at radius 1 is 0.682 bits per heavy atom.